The van der Waals surface area contributed by atoms with E-state index in [9.17, 15) is 9.59 Å². The molecule has 1 saturated heterocycles. The Morgan fingerprint density at radius 2 is 2.00 bits per heavy atom. The molecule has 0 aromatic heterocycles. The molecule has 0 bridgehead atoms. The highest BCUT2D eigenvalue weighted by molar-refractivity contribution is 6.01. The summed E-state index contributed by atoms with van der Waals surface area (Å²) < 4.78 is 4.84. The van der Waals surface area contributed by atoms with Crippen LogP contribution in [0.4, 0.5) is 4.79 Å². The average Bonchev–Trinajstić information content (AvgIpc) is 2.63. The Balaban J connectivity index is 1.98. The third-order valence-electron chi connectivity index (χ3n) is 2.64. The standard InChI is InChI=1S/C13H13NO3/c1-2-11-12(15)14(13(16)17-11)9-8-10-6-4-3-5-7-10/h2-7,11H,1,8-9H2. The third kappa shape index (κ3) is 2.36. The fourth-order valence-electron chi connectivity index (χ4n) is 1.70. The van der Waals surface area contributed by atoms with Crippen LogP contribution in [0.15, 0.2) is 43.0 Å². The Morgan fingerprint density at radius 3 is 2.59 bits per heavy atom. The molecule has 0 spiro atoms. The van der Waals surface area contributed by atoms with Crippen LogP contribution in [0.25, 0.3) is 0 Å². The van der Waals surface area contributed by atoms with Gasteiger partial charge < -0.3 is 4.74 Å². The van der Waals surface area contributed by atoms with Gasteiger partial charge in [0.1, 0.15) is 0 Å². The second kappa shape index (κ2) is 4.82. The van der Waals surface area contributed by atoms with Crippen molar-refractivity contribution in [1.29, 1.82) is 0 Å². The maximum Gasteiger partial charge on any atom is 0.417 e. The Hall–Kier alpha value is -2.10. The summed E-state index contributed by atoms with van der Waals surface area (Å²) in [6.07, 6.45) is 0.558. The number of hydrogen-bond donors (Lipinski definition) is 0. The van der Waals surface area contributed by atoms with Crippen LogP contribution < -0.4 is 0 Å². The van der Waals surface area contributed by atoms with E-state index in [-0.39, 0.29) is 5.91 Å². The van der Waals surface area contributed by atoms with E-state index < -0.39 is 12.2 Å². The molecule has 2 rings (SSSR count). The van der Waals surface area contributed by atoms with Crippen molar-refractivity contribution in [3.63, 3.8) is 0 Å². The smallest absolute Gasteiger partial charge is 0.417 e. The summed E-state index contributed by atoms with van der Waals surface area (Å²) in [7, 11) is 0. The van der Waals surface area contributed by atoms with Gasteiger partial charge in [-0.15, -0.1) is 0 Å². The lowest BCUT2D eigenvalue weighted by molar-refractivity contribution is -0.128. The lowest BCUT2D eigenvalue weighted by Crippen LogP contribution is -2.32. The van der Waals surface area contributed by atoms with Crippen molar-refractivity contribution in [2.45, 2.75) is 12.5 Å². The van der Waals surface area contributed by atoms with Crippen molar-refractivity contribution >= 4 is 12.0 Å². The molecule has 1 heterocycles. The van der Waals surface area contributed by atoms with Gasteiger partial charge in [0, 0.05) is 6.54 Å². The average molecular weight is 231 g/mol. The number of rotatable bonds is 4. The first-order valence-corrected chi connectivity index (χ1v) is 5.41. The molecular formula is C13H13NO3. The Bertz CT molecular complexity index is 441. The van der Waals surface area contributed by atoms with Crippen molar-refractivity contribution in [2.75, 3.05) is 6.54 Å². The van der Waals surface area contributed by atoms with E-state index in [1.54, 1.807) is 0 Å². The maximum atomic E-state index is 11.7. The summed E-state index contributed by atoms with van der Waals surface area (Å²) in [6, 6.07) is 9.68. The van der Waals surface area contributed by atoms with Gasteiger partial charge in [-0.25, -0.2) is 9.69 Å². The number of nitrogens with zero attached hydrogens (tertiary/aromatic N) is 1. The summed E-state index contributed by atoms with van der Waals surface area (Å²) in [6.45, 7) is 3.79. The van der Waals surface area contributed by atoms with Crippen LogP contribution in [0.3, 0.4) is 0 Å². The van der Waals surface area contributed by atoms with E-state index in [1.807, 2.05) is 30.3 Å². The summed E-state index contributed by atoms with van der Waals surface area (Å²) in [5.41, 5.74) is 1.08. The number of carbonyl (C=O) groups excluding carboxylic acids is 2. The second-order valence-electron chi connectivity index (χ2n) is 3.77. The van der Waals surface area contributed by atoms with Crippen LogP contribution in [0.1, 0.15) is 5.56 Å². The molecule has 4 heteroatoms. The zero-order valence-corrected chi connectivity index (χ0v) is 9.33. The van der Waals surface area contributed by atoms with Gasteiger partial charge in [0.05, 0.1) is 0 Å². The third-order valence-corrected chi connectivity index (χ3v) is 2.64. The molecule has 0 N–H and O–H groups in total. The number of cyclic esters (lactones) is 1. The highest BCUT2D eigenvalue weighted by Gasteiger charge is 2.38. The van der Waals surface area contributed by atoms with Crippen LogP contribution in [0.5, 0.6) is 0 Å². The highest BCUT2D eigenvalue weighted by atomic mass is 16.6. The minimum Gasteiger partial charge on any atom is -0.431 e. The van der Waals surface area contributed by atoms with Crippen LogP contribution in [0, 0.1) is 0 Å². The molecule has 0 radical (unpaired) electrons. The molecule has 1 aromatic rings. The number of imide groups is 1. The van der Waals surface area contributed by atoms with Gasteiger partial charge in [-0.3, -0.25) is 4.79 Å². The molecule has 1 atom stereocenters. The number of benzene rings is 1. The number of amides is 2. The monoisotopic (exact) mass is 231 g/mol. The molecule has 2 amide bonds. The van der Waals surface area contributed by atoms with E-state index in [0.29, 0.717) is 13.0 Å². The first kappa shape index (κ1) is 11.4. The van der Waals surface area contributed by atoms with Gasteiger partial charge in [0.2, 0.25) is 6.10 Å². The molecule has 1 fully saturated rings. The topological polar surface area (TPSA) is 46.6 Å². The molecule has 0 saturated carbocycles. The van der Waals surface area contributed by atoms with E-state index in [0.717, 1.165) is 10.5 Å². The maximum absolute atomic E-state index is 11.7. The highest BCUT2D eigenvalue weighted by Crippen LogP contribution is 2.14. The van der Waals surface area contributed by atoms with Gasteiger partial charge in [-0.1, -0.05) is 36.9 Å². The molecule has 4 nitrogen and oxygen atoms in total. The fraction of sp³-hybridized carbons (Fsp3) is 0.231. The predicted molar refractivity (Wildman–Crippen MR) is 62.3 cm³/mol. The number of carbonyl (C=O) groups is 2. The van der Waals surface area contributed by atoms with E-state index in [1.165, 1.54) is 6.08 Å². The van der Waals surface area contributed by atoms with Crippen molar-refractivity contribution in [1.82, 2.24) is 4.90 Å². The molecule has 1 unspecified atom stereocenters. The van der Waals surface area contributed by atoms with Gasteiger partial charge >= 0.3 is 6.09 Å². The SMILES string of the molecule is C=CC1OC(=O)N(CCc2ccccc2)C1=O. The molecule has 1 aliphatic rings. The largest absolute Gasteiger partial charge is 0.431 e. The van der Waals surface area contributed by atoms with E-state index >= 15 is 0 Å². The fourth-order valence-corrected chi connectivity index (χ4v) is 1.70. The minimum atomic E-state index is -0.821. The number of ether oxygens (including phenoxy) is 1. The molecule has 17 heavy (non-hydrogen) atoms. The molecule has 88 valence electrons. The van der Waals surface area contributed by atoms with Crippen LogP contribution >= 0.6 is 0 Å². The van der Waals surface area contributed by atoms with Crippen molar-refractivity contribution in [2.24, 2.45) is 0 Å². The summed E-state index contributed by atoms with van der Waals surface area (Å²) >= 11 is 0. The van der Waals surface area contributed by atoms with Gasteiger partial charge in [0.15, 0.2) is 0 Å². The second-order valence-corrected chi connectivity index (χ2v) is 3.77. The Morgan fingerprint density at radius 1 is 1.29 bits per heavy atom. The molecule has 1 aliphatic heterocycles. The first-order chi connectivity index (χ1) is 8.22. The van der Waals surface area contributed by atoms with Crippen molar-refractivity contribution in [3.05, 3.63) is 48.6 Å². The lowest BCUT2D eigenvalue weighted by atomic mass is 10.1. The Kier molecular flexibility index (Phi) is 3.23. The predicted octanol–water partition coefficient (Wildman–Crippen LogP) is 1.76. The normalized spacial score (nSPS) is 19.3. The van der Waals surface area contributed by atoms with Crippen LogP contribution in [0.2, 0.25) is 0 Å². The molecule has 0 aliphatic carbocycles. The summed E-state index contributed by atoms with van der Waals surface area (Å²) in [5.74, 6) is -0.332. The van der Waals surface area contributed by atoms with Crippen molar-refractivity contribution < 1.29 is 14.3 Å². The van der Waals surface area contributed by atoms with Crippen molar-refractivity contribution in [3.8, 4) is 0 Å². The van der Waals surface area contributed by atoms with Crippen LogP contribution in [-0.2, 0) is 16.0 Å². The van der Waals surface area contributed by atoms with E-state index in [4.69, 9.17) is 4.74 Å². The minimum absolute atomic E-state index is 0.332. The van der Waals surface area contributed by atoms with Gasteiger partial charge in [-0.2, -0.15) is 0 Å². The van der Waals surface area contributed by atoms with E-state index in [2.05, 4.69) is 6.58 Å². The van der Waals surface area contributed by atoms with Gasteiger partial charge in [0.25, 0.3) is 5.91 Å². The quantitative estimate of drug-likeness (QED) is 0.742. The van der Waals surface area contributed by atoms with Crippen LogP contribution in [-0.4, -0.2) is 29.5 Å². The number of hydrogen-bond acceptors (Lipinski definition) is 3. The van der Waals surface area contributed by atoms with Gasteiger partial charge in [-0.05, 0) is 18.1 Å². The first-order valence-electron chi connectivity index (χ1n) is 5.41. The molecular weight excluding hydrogens is 218 g/mol. The lowest BCUT2D eigenvalue weighted by Gasteiger charge is -2.10. The zero-order valence-electron chi connectivity index (χ0n) is 9.33. The Labute approximate surface area is 99.5 Å². The molecule has 1 aromatic carbocycles. The summed E-state index contributed by atoms with van der Waals surface area (Å²) in [4.78, 5) is 24.2. The summed E-state index contributed by atoms with van der Waals surface area (Å²) in [5, 5.41) is 0. The zero-order chi connectivity index (χ0) is 12.3.